The number of alkyl halides is 1. The Morgan fingerprint density at radius 3 is 2.82 bits per heavy atom. The Morgan fingerprint density at radius 2 is 2.24 bits per heavy atom. The van der Waals surface area contributed by atoms with Gasteiger partial charge < -0.3 is 14.4 Å². The summed E-state index contributed by atoms with van der Waals surface area (Å²) in [5.41, 5.74) is 0.799. The summed E-state index contributed by atoms with van der Waals surface area (Å²) >= 11 is 5.95. The first-order valence-electron chi connectivity index (χ1n) is 5.27. The van der Waals surface area contributed by atoms with Gasteiger partial charge >= 0.3 is 5.97 Å². The Labute approximate surface area is 102 Å². The van der Waals surface area contributed by atoms with Crippen LogP contribution in [0.2, 0.25) is 0 Å². The van der Waals surface area contributed by atoms with Gasteiger partial charge in [0, 0.05) is 17.1 Å². The maximum atomic E-state index is 11.2. The predicted octanol–water partition coefficient (Wildman–Crippen LogP) is 2.48. The number of hydrogen-bond acceptors (Lipinski definition) is 2. The van der Waals surface area contributed by atoms with Crippen LogP contribution in [0.1, 0.15) is 16.4 Å². The first-order valence-corrected chi connectivity index (χ1v) is 5.70. The van der Waals surface area contributed by atoms with Gasteiger partial charge in [-0.1, -0.05) is 29.8 Å². The first kappa shape index (κ1) is 10.6. The second kappa shape index (κ2) is 3.75. The van der Waals surface area contributed by atoms with Crippen molar-refractivity contribution in [2.24, 2.45) is 0 Å². The van der Waals surface area contributed by atoms with E-state index in [-0.39, 0.29) is 11.6 Å². The summed E-state index contributed by atoms with van der Waals surface area (Å²) in [5.74, 6) is -0.925. The number of carboxylic acid groups (broad SMARTS) is 1. The third-order valence-electron chi connectivity index (χ3n) is 3.06. The highest BCUT2D eigenvalue weighted by Gasteiger charge is 2.33. The molecule has 2 heterocycles. The molecule has 0 spiro atoms. The highest BCUT2D eigenvalue weighted by molar-refractivity contribution is 6.20. The molecule has 1 fully saturated rings. The van der Waals surface area contributed by atoms with Crippen molar-refractivity contribution in [1.82, 2.24) is 4.57 Å². The summed E-state index contributed by atoms with van der Waals surface area (Å²) in [6, 6.07) is 7.42. The van der Waals surface area contributed by atoms with E-state index in [0.29, 0.717) is 12.2 Å². The lowest BCUT2D eigenvalue weighted by atomic mass is 10.2. The summed E-state index contributed by atoms with van der Waals surface area (Å²) in [5, 5.41) is 9.89. The normalized spacial score (nSPS) is 23.6. The number of halogens is 1. The highest BCUT2D eigenvalue weighted by atomic mass is 35.5. The monoisotopic (exact) mass is 251 g/mol. The molecular formula is C12H10ClNO3. The first-order chi connectivity index (χ1) is 8.18. The van der Waals surface area contributed by atoms with Crippen molar-refractivity contribution in [3.8, 4) is 0 Å². The van der Waals surface area contributed by atoms with Gasteiger partial charge in [-0.05, 0) is 6.07 Å². The van der Waals surface area contributed by atoms with Crippen LogP contribution < -0.4 is 0 Å². The minimum atomic E-state index is -0.925. The van der Waals surface area contributed by atoms with Gasteiger partial charge in [0.1, 0.15) is 0 Å². The highest BCUT2D eigenvalue weighted by Crippen LogP contribution is 2.33. The Hall–Kier alpha value is -1.52. The minimum Gasteiger partial charge on any atom is -0.478 e. The SMILES string of the molecule is O=C(O)c1cn(C2COC2Cl)c2ccccc12. The third kappa shape index (κ3) is 1.52. The number of para-hydroxylation sites is 1. The van der Waals surface area contributed by atoms with Crippen molar-refractivity contribution < 1.29 is 14.6 Å². The molecule has 17 heavy (non-hydrogen) atoms. The Kier molecular flexibility index (Phi) is 2.34. The van der Waals surface area contributed by atoms with Crippen LogP contribution in [0.25, 0.3) is 10.9 Å². The van der Waals surface area contributed by atoms with E-state index >= 15 is 0 Å². The second-order valence-electron chi connectivity index (χ2n) is 4.02. The maximum absolute atomic E-state index is 11.2. The van der Waals surface area contributed by atoms with Crippen molar-refractivity contribution in [3.63, 3.8) is 0 Å². The van der Waals surface area contributed by atoms with E-state index in [1.54, 1.807) is 12.3 Å². The van der Waals surface area contributed by atoms with Gasteiger partial charge in [0.25, 0.3) is 0 Å². The number of ether oxygens (including phenoxy) is 1. The van der Waals surface area contributed by atoms with Gasteiger partial charge in [0.2, 0.25) is 0 Å². The minimum absolute atomic E-state index is 0.00895. The number of carboxylic acids is 1. The van der Waals surface area contributed by atoms with Crippen molar-refractivity contribution in [3.05, 3.63) is 36.0 Å². The van der Waals surface area contributed by atoms with Gasteiger partial charge in [-0.15, -0.1) is 0 Å². The number of aromatic carboxylic acids is 1. The quantitative estimate of drug-likeness (QED) is 0.835. The van der Waals surface area contributed by atoms with E-state index in [2.05, 4.69) is 0 Å². The molecule has 1 aliphatic heterocycles. The van der Waals surface area contributed by atoms with E-state index in [1.807, 2.05) is 22.8 Å². The molecule has 5 heteroatoms. The van der Waals surface area contributed by atoms with E-state index in [0.717, 1.165) is 10.9 Å². The molecular weight excluding hydrogens is 242 g/mol. The van der Waals surface area contributed by atoms with Gasteiger partial charge in [0.15, 0.2) is 5.56 Å². The molecule has 2 atom stereocenters. The van der Waals surface area contributed by atoms with Crippen molar-refractivity contribution >= 4 is 28.5 Å². The molecule has 0 aliphatic carbocycles. The zero-order valence-electron chi connectivity index (χ0n) is 8.84. The summed E-state index contributed by atoms with van der Waals surface area (Å²) in [6.45, 7) is 0.520. The molecule has 0 amide bonds. The number of hydrogen-bond donors (Lipinski definition) is 1. The third-order valence-corrected chi connectivity index (χ3v) is 3.47. The largest absolute Gasteiger partial charge is 0.478 e. The van der Waals surface area contributed by atoms with Crippen LogP contribution in [0.3, 0.4) is 0 Å². The number of rotatable bonds is 2. The van der Waals surface area contributed by atoms with Crippen LogP contribution in [0, 0.1) is 0 Å². The molecule has 0 bridgehead atoms. The van der Waals surface area contributed by atoms with Crippen LogP contribution in [-0.4, -0.2) is 27.8 Å². The van der Waals surface area contributed by atoms with Gasteiger partial charge in [-0.3, -0.25) is 0 Å². The van der Waals surface area contributed by atoms with Crippen molar-refractivity contribution in [1.29, 1.82) is 0 Å². The zero-order chi connectivity index (χ0) is 12.0. The average Bonchev–Trinajstić information content (AvgIpc) is 2.67. The summed E-state index contributed by atoms with van der Waals surface area (Å²) in [7, 11) is 0. The molecule has 2 unspecified atom stereocenters. The Bertz CT molecular complexity index is 592. The number of nitrogens with zero attached hydrogens (tertiary/aromatic N) is 1. The molecule has 4 nitrogen and oxygen atoms in total. The Balaban J connectivity index is 2.21. The molecule has 1 aromatic carbocycles. The Morgan fingerprint density at radius 1 is 1.47 bits per heavy atom. The van der Waals surface area contributed by atoms with Crippen LogP contribution in [0.4, 0.5) is 0 Å². The van der Waals surface area contributed by atoms with Gasteiger partial charge in [-0.25, -0.2) is 4.79 Å². The molecule has 0 saturated carbocycles. The van der Waals surface area contributed by atoms with Crippen molar-refractivity contribution in [2.75, 3.05) is 6.61 Å². The summed E-state index contributed by atoms with van der Waals surface area (Å²) in [6.07, 6.45) is 1.63. The number of aromatic nitrogens is 1. The average molecular weight is 252 g/mol. The lowest BCUT2D eigenvalue weighted by molar-refractivity contribution is -0.0523. The smallest absolute Gasteiger partial charge is 0.337 e. The number of fused-ring (bicyclic) bond motifs is 1. The molecule has 0 radical (unpaired) electrons. The second-order valence-corrected chi connectivity index (χ2v) is 4.45. The van der Waals surface area contributed by atoms with E-state index in [1.165, 1.54) is 0 Å². The van der Waals surface area contributed by atoms with Crippen LogP contribution in [0.15, 0.2) is 30.5 Å². The van der Waals surface area contributed by atoms with Crippen LogP contribution >= 0.6 is 11.6 Å². The standard InChI is InChI=1S/C12H10ClNO3/c13-11-10(6-17-11)14-5-8(12(15)16)7-3-1-2-4-9(7)14/h1-5,10-11H,6H2,(H,15,16). The van der Waals surface area contributed by atoms with E-state index in [9.17, 15) is 4.79 Å². The summed E-state index contributed by atoms with van der Waals surface area (Å²) in [4.78, 5) is 11.2. The fraction of sp³-hybridized carbons (Fsp3) is 0.250. The molecule has 1 aliphatic rings. The van der Waals surface area contributed by atoms with E-state index < -0.39 is 5.97 Å². The van der Waals surface area contributed by atoms with Crippen LogP contribution in [-0.2, 0) is 4.74 Å². The topological polar surface area (TPSA) is 51.5 Å². The van der Waals surface area contributed by atoms with Crippen molar-refractivity contribution in [2.45, 2.75) is 11.6 Å². The molecule has 3 rings (SSSR count). The maximum Gasteiger partial charge on any atom is 0.337 e. The molecule has 2 aromatic rings. The van der Waals surface area contributed by atoms with E-state index in [4.69, 9.17) is 21.4 Å². The zero-order valence-corrected chi connectivity index (χ0v) is 9.59. The van der Waals surface area contributed by atoms with Crippen LogP contribution in [0.5, 0.6) is 0 Å². The molecule has 1 N–H and O–H groups in total. The number of benzene rings is 1. The molecule has 88 valence electrons. The lowest BCUT2D eigenvalue weighted by Crippen LogP contribution is -2.37. The fourth-order valence-corrected chi connectivity index (χ4v) is 2.38. The predicted molar refractivity (Wildman–Crippen MR) is 63.5 cm³/mol. The molecule has 1 aromatic heterocycles. The molecule has 1 saturated heterocycles. The fourth-order valence-electron chi connectivity index (χ4n) is 2.11. The van der Waals surface area contributed by atoms with Gasteiger partial charge in [-0.2, -0.15) is 0 Å². The lowest BCUT2D eigenvalue weighted by Gasteiger charge is -2.33. The summed E-state index contributed by atoms with van der Waals surface area (Å²) < 4.78 is 7.00. The van der Waals surface area contributed by atoms with Gasteiger partial charge in [0.05, 0.1) is 18.2 Å². The number of carbonyl (C=O) groups is 1.